The van der Waals surface area contributed by atoms with Crippen molar-refractivity contribution in [3.8, 4) is 0 Å². The molecule has 1 aliphatic carbocycles. The number of hydrogen-bond donors (Lipinski definition) is 0. The van der Waals surface area contributed by atoms with Gasteiger partial charge < -0.3 is 9.47 Å². The second-order valence-corrected chi connectivity index (χ2v) is 6.79. The van der Waals surface area contributed by atoms with Crippen LogP contribution in [0.2, 0.25) is 5.02 Å². The predicted octanol–water partition coefficient (Wildman–Crippen LogP) is 3.64. The molecule has 3 atom stereocenters. The fourth-order valence-corrected chi connectivity index (χ4v) is 4.23. The van der Waals surface area contributed by atoms with Crippen molar-refractivity contribution in [2.45, 2.75) is 50.0 Å². The molecule has 1 saturated carbocycles. The summed E-state index contributed by atoms with van der Waals surface area (Å²) in [5, 5.41) is 0.188. The van der Waals surface area contributed by atoms with Gasteiger partial charge in [0.05, 0.1) is 16.7 Å². The van der Waals surface area contributed by atoms with Crippen LogP contribution in [0.15, 0.2) is 18.2 Å². The maximum absolute atomic E-state index is 13.3. The zero-order valence-corrected chi connectivity index (χ0v) is 13.9. The van der Waals surface area contributed by atoms with E-state index in [4.69, 9.17) is 21.1 Å². The summed E-state index contributed by atoms with van der Waals surface area (Å²) in [7, 11) is 3.60. The standard InChI is InChI=1S/C17H23ClFNO2/c1-21-13-5-6-17(22-2)7-8-20(16(17)10-13)11-12-3-4-15(19)14(18)9-12/h3-4,9,13,16H,5-8,10-11H2,1-2H3/t13-,16+,17-/m1/s1. The topological polar surface area (TPSA) is 21.7 Å². The third-order valence-electron chi connectivity index (χ3n) is 5.36. The average molecular weight is 328 g/mol. The molecule has 3 nitrogen and oxygen atoms in total. The van der Waals surface area contributed by atoms with Crippen molar-refractivity contribution in [1.82, 2.24) is 4.90 Å². The van der Waals surface area contributed by atoms with Gasteiger partial charge in [-0.1, -0.05) is 17.7 Å². The van der Waals surface area contributed by atoms with Gasteiger partial charge in [-0.25, -0.2) is 4.39 Å². The summed E-state index contributed by atoms with van der Waals surface area (Å²) in [4.78, 5) is 2.43. The van der Waals surface area contributed by atoms with E-state index in [9.17, 15) is 4.39 Å². The summed E-state index contributed by atoms with van der Waals surface area (Å²) in [6, 6.07) is 5.32. The molecule has 2 aliphatic rings. The lowest BCUT2D eigenvalue weighted by Gasteiger charge is -2.43. The lowest BCUT2D eigenvalue weighted by molar-refractivity contribution is -0.0947. The summed E-state index contributed by atoms with van der Waals surface area (Å²) < 4.78 is 24.8. The highest BCUT2D eigenvalue weighted by Crippen LogP contribution is 2.43. The molecule has 5 heteroatoms. The molecule has 122 valence electrons. The minimum Gasteiger partial charge on any atom is -0.381 e. The maximum atomic E-state index is 13.3. The summed E-state index contributed by atoms with van der Waals surface area (Å²) >= 11 is 5.90. The van der Waals surface area contributed by atoms with Crippen molar-refractivity contribution in [3.05, 3.63) is 34.6 Å². The molecule has 2 fully saturated rings. The Morgan fingerprint density at radius 3 is 2.86 bits per heavy atom. The van der Waals surface area contributed by atoms with Crippen LogP contribution < -0.4 is 0 Å². The Hall–Kier alpha value is -0.680. The third-order valence-corrected chi connectivity index (χ3v) is 5.65. The van der Waals surface area contributed by atoms with E-state index in [2.05, 4.69) is 4.90 Å². The third kappa shape index (κ3) is 2.90. The van der Waals surface area contributed by atoms with Crippen molar-refractivity contribution in [1.29, 1.82) is 0 Å². The first kappa shape index (κ1) is 16.2. The van der Waals surface area contributed by atoms with Crippen molar-refractivity contribution < 1.29 is 13.9 Å². The number of likely N-dealkylation sites (tertiary alicyclic amines) is 1. The van der Waals surface area contributed by atoms with Crippen LogP contribution in [0, 0.1) is 5.82 Å². The quantitative estimate of drug-likeness (QED) is 0.842. The molecule has 0 N–H and O–H groups in total. The first-order chi connectivity index (χ1) is 10.6. The monoisotopic (exact) mass is 327 g/mol. The van der Waals surface area contributed by atoms with Gasteiger partial charge >= 0.3 is 0 Å². The molecule has 0 spiro atoms. The fourth-order valence-electron chi connectivity index (χ4n) is 4.03. The van der Waals surface area contributed by atoms with E-state index < -0.39 is 0 Å². The van der Waals surface area contributed by atoms with Gasteiger partial charge in [0.2, 0.25) is 0 Å². The summed E-state index contributed by atoms with van der Waals surface area (Å²) in [5.74, 6) is -0.366. The van der Waals surface area contributed by atoms with Crippen LogP contribution in [0.1, 0.15) is 31.2 Å². The highest BCUT2D eigenvalue weighted by Gasteiger charge is 2.50. The van der Waals surface area contributed by atoms with Crippen molar-refractivity contribution in [3.63, 3.8) is 0 Å². The highest BCUT2D eigenvalue weighted by molar-refractivity contribution is 6.30. The maximum Gasteiger partial charge on any atom is 0.141 e. The van der Waals surface area contributed by atoms with Crippen molar-refractivity contribution in [2.24, 2.45) is 0 Å². The number of rotatable bonds is 4. The molecule has 1 aromatic rings. The summed E-state index contributed by atoms with van der Waals surface area (Å²) in [6.45, 7) is 1.76. The summed E-state index contributed by atoms with van der Waals surface area (Å²) in [5.41, 5.74) is 0.983. The smallest absolute Gasteiger partial charge is 0.141 e. The minimum absolute atomic E-state index is 0.0567. The van der Waals surface area contributed by atoms with Crippen molar-refractivity contribution in [2.75, 3.05) is 20.8 Å². The Bertz CT molecular complexity index is 541. The molecule has 0 radical (unpaired) electrons. The van der Waals surface area contributed by atoms with Gasteiger partial charge in [0.15, 0.2) is 0 Å². The van der Waals surface area contributed by atoms with Crippen LogP contribution in [0.4, 0.5) is 4.39 Å². The largest absolute Gasteiger partial charge is 0.381 e. The number of ether oxygens (including phenoxy) is 2. The zero-order valence-electron chi connectivity index (χ0n) is 13.1. The van der Waals surface area contributed by atoms with Crippen molar-refractivity contribution >= 4 is 11.6 Å². The number of fused-ring (bicyclic) bond motifs is 1. The number of nitrogens with zero attached hydrogens (tertiary/aromatic N) is 1. The number of methoxy groups -OCH3 is 2. The molecule has 1 saturated heterocycles. The van der Waals surface area contributed by atoms with Gasteiger partial charge in [-0.2, -0.15) is 0 Å². The Balaban J connectivity index is 1.77. The number of hydrogen-bond acceptors (Lipinski definition) is 3. The van der Waals surface area contributed by atoms with Crippen LogP contribution in [0.25, 0.3) is 0 Å². The van der Waals surface area contributed by atoms with E-state index >= 15 is 0 Å². The van der Waals surface area contributed by atoms with Crippen LogP contribution in [0.5, 0.6) is 0 Å². The van der Waals surface area contributed by atoms with E-state index in [-0.39, 0.29) is 16.4 Å². The SMILES string of the molecule is CO[C@@H]1CC[C@@]2(OC)CCN(Cc3ccc(F)c(Cl)c3)[C@H]2C1. The molecule has 1 aromatic carbocycles. The van der Waals surface area contributed by atoms with Gasteiger partial charge in [-0.05, 0) is 43.4 Å². The molecular weight excluding hydrogens is 305 g/mol. The predicted molar refractivity (Wildman–Crippen MR) is 84.6 cm³/mol. The van der Waals surface area contributed by atoms with E-state index in [0.717, 1.165) is 44.3 Å². The first-order valence-electron chi connectivity index (χ1n) is 7.84. The van der Waals surface area contributed by atoms with Gasteiger partial charge in [-0.15, -0.1) is 0 Å². The lowest BCUT2D eigenvalue weighted by Crippen LogP contribution is -2.51. The fraction of sp³-hybridized carbons (Fsp3) is 0.647. The van der Waals surface area contributed by atoms with E-state index in [0.29, 0.717) is 12.1 Å². The highest BCUT2D eigenvalue weighted by atomic mass is 35.5. The Kier molecular flexibility index (Phi) is 4.74. The molecule has 22 heavy (non-hydrogen) atoms. The summed E-state index contributed by atoms with van der Waals surface area (Å²) in [6.07, 6.45) is 4.41. The number of halogens is 2. The Morgan fingerprint density at radius 1 is 1.36 bits per heavy atom. The Labute approximate surface area is 136 Å². The van der Waals surface area contributed by atoms with E-state index in [1.807, 2.05) is 13.2 Å². The molecule has 0 bridgehead atoms. The van der Waals surface area contributed by atoms with Gasteiger partial charge in [0, 0.05) is 33.4 Å². The van der Waals surface area contributed by atoms with E-state index in [1.54, 1.807) is 13.2 Å². The molecule has 1 heterocycles. The molecule has 3 rings (SSSR count). The first-order valence-corrected chi connectivity index (χ1v) is 8.22. The van der Waals surface area contributed by atoms with E-state index in [1.165, 1.54) is 6.07 Å². The molecule has 0 aromatic heterocycles. The second kappa shape index (κ2) is 6.44. The van der Waals surface area contributed by atoms with Crippen LogP contribution in [0.3, 0.4) is 0 Å². The average Bonchev–Trinajstić information content (AvgIpc) is 2.89. The lowest BCUT2D eigenvalue weighted by atomic mass is 9.79. The Morgan fingerprint density at radius 2 is 2.18 bits per heavy atom. The normalized spacial score (nSPS) is 32.2. The molecule has 0 unspecified atom stereocenters. The van der Waals surface area contributed by atoms with Crippen LogP contribution in [-0.2, 0) is 16.0 Å². The zero-order chi connectivity index (χ0) is 15.7. The second-order valence-electron chi connectivity index (χ2n) is 6.39. The number of benzene rings is 1. The van der Waals surface area contributed by atoms with Gasteiger partial charge in [-0.3, -0.25) is 4.90 Å². The van der Waals surface area contributed by atoms with Gasteiger partial charge in [0.1, 0.15) is 5.82 Å². The minimum atomic E-state index is -0.366. The van der Waals surface area contributed by atoms with Crippen LogP contribution in [-0.4, -0.2) is 43.4 Å². The molecular formula is C17H23ClFNO2. The molecule has 1 aliphatic heterocycles. The van der Waals surface area contributed by atoms with Crippen LogP contribution >= 0.6 is 11.6 Å². The molecule has 0 amide bonds. The van der Waals surface area contributed by atoms with Gasteiger partial charge in [0.25, 0.3) is 0 Å².